The third-order valence-electron chi connectivity index (χ3n) is 1.40. The molecule has 1 aromatic carbocycles. The Morgan fingerprint density at radius 2 is 2.36 bits per heavy atom. The van der Waals surface area contributed by atoms with Gasteiger partial charge in [0.25, 0.3) is 5.69 Å². The van der Waals surface area contributed by atoms with Crippen molar-refractivity contribution in [3.63, 3.8) is 0 Å². The Labute approximate surface area is 99.1 Å². The van der Waals surface area contributed by atoms with E-state index in [9.17, 15) is 10.1 Å². The highest BCUT2D eigenvalue weighted by Gasteiger charge is 2.06. The first kappa shape index (κ1) is 11.8. The van der Waals surface area contributed by atoms with Crippen molar-refractivity contribution in [2.75, 3.05) is 5.75 Å². The van der Waals surface area contributed by atoms with E-state index in [1.807, 2.05) is 6.07 Å². The van der Waals surface area contributed by atoms with Crippen LogP contribution in [0.1, 0.15) is 0 Å². The lowest BCUT2D eigenvalue weighted by Gasteiger charge is -2.01. The molecule has 1 aromatic rings. The van der Waals surface area contributed by atoms with Gasteiger partial charge in [-0.15, -0.1) is 23.4 Å². The van der Waals surface area contributed by atoms with Gasteiger partial charge >= 0.3 is 0 Å². The molecule has 76 valence electrons. The summed E-state index contributed by atoms with van der Waals surface area (Å²) in [6.07, 6.45) is 0. The van der Waals surface area contributed by atoms with E-state index >= 15 is 0 Å². The monoisotopic (exact) mass is 295 g/mol. The van der Waals surface area contributed by atoms with Crippen molar-refractivity contribution in [2.24, 2.45) is 0 Å². The lowest BCUT2D eigenvalue weighted by molar-refractivity contribution is -0.385. The Bertz CT molecular complexity index is 335. The van der Waals surface area contributed by atoms with Crippen LogP contribution in [0, 0.1) is 10.1 Å². The summed E-state index contributed by atoms with van der Waals surface area (Å²) in [6.45, 7) is 0. The zero-order valence-electron chi connectivity index (χ0n) is 7.02. The van der Waals surface area contributed by atoms with Gasteiger partial charge in [-0.05, 0) is 6.07 Å². The lowest BCUT2D eigenvalue weighted by atomic mass is 10.3. The van der Waals surface area contributed by atoms with Crippen molar-refractivity contribution in [3.8, 4) is 0 Å². The van der Waals surface area contributed by atoms with Gasteiger partial charge in [0.15, 0.2) is 0 Å². The van der Waals surface area contributed by atoms with Gasteiger partial charge in [-0.25, -0.2) is 0 Å². The van der Waals surface area contributed by atoms with Gasteiger partial charge in [-0.2, -0.15) is 0 Å². The van der Waals surface area contributed by atoms with Crippen molar-refractivity contribution in [1.82, 2.24) is 0 Å². The second kappa shape index (κ2) is 5.58. The van der Waals surface area contributed by atoms with Crippen LogP contribution in [0.5, 0.6) is 0 Å². The SMILES string of the molecule is O=[N+]([O-])c1cccc(SCC(Cl)Br)c1. The number of nitrogens with zero attached hydrogens (tertiary/aromatic N) is 1. The average Bonchev–Trinajstić information content (AvgIpc) is 2.15. The lowest BCUT2D eigenvalue weighted by Crippen LogP contribution is -1.91. The van der Waals surface area contributed by atoms with Gasteiger partial charge in [-0.1, -0.05) is 22.0 Å². The molecule has 1 rings (SSSR count). The summed E-state index contributed by atoms with van der Waals surface area (Å²) in [5.74, 6) is 0.669. The highest BCUT2D eigenvalue weighted by atomic mass is 79.9. The van der Waals surface area contributed by atoms with Gasteiger partial charge in [0.1, 0.15) is 0 Å². The number of non-ortho nitro benzene ring substituents is 1. The molecule has 0 amide bonds. The first-order chi connectivity index (χ1) is 6.59. The summed E-state index contributed by atoms with van der Waals surface area (Å²) in [6, 6.07) is 6.50. The van der Waals surface area contributed by atoms with Crippen LogP contribution < -0.4 is 0 Å². The van der Waals surface area contributed by atoms with Gasteiger partial charge in [-0.3, -0.25) is 10.1 Å². The molecule has 0 saturated carbocycles. The summed E-state index contributed by atoms with van der Waals surface area (Å²) in [5.41, 5.74) is 0.107. The first-order valence-corrected chi connectivity index (χ1v) is 6.09. The molecule has 0 spiro atoms. The van der Waals surface area contributed by atoms with Crippen LogP contribution in [0.2, 0.25) is 0 Å². The van der Waals surface area contributed by atoms with Crippen molar-refractivity contribution >= 4 is 45.0 Å². The summed E-state index contributed by atoms with van der Waals surface area (Å²) in [4.78, 5) is 10.9. The minimum absolute atomic E-state index is 0.107. The molecule has 3 nitrogen and oxygen atoms in total. The number of halogens is 2. The van der Waals surface area contributed by atoms with E-state index in [4.69, 9.17) is 11.6 Å². The number of nitro benzene ring substituents is 1. The molecule has 0 N–H and O–H groups in total. The predicted molar refractivity (Wildman–Crippen MR) is 62.4 cm³/mol. The predicted octanol–water partition coefficient (Wildman–Crippen LogP) is 3.65. The van der Waals surface area contributed by atoms with Gasteiger partial charge in [0.05, 0.1) is 9.21 Å². The molecule has 0 radical (unpaired) electrons. The molecular weight excluding hydrogens is 290 g/mol. The standard InChI is InChI=1S/C8H7BrClNO2S/c9-8(10)5-14-7-3-1-2-6(4-7)11(12)13/h1-4,8H,5H2. The fourth-order valence-electron chi connectivity index (χ4n) is 0.846. The van der Waals surface area contributed by atoms with E-state index in [1.54, 1.807) is 6.07 Å². The Hall–Kier alpha value is -0.260. The zero-order chi connectivity index (χ0) is 10.6. The molecule has 0 bridgehead atoms. The van der Waals surface area contributed by atoms with Crippen molar-refractivity contribution in [2.45, 2.75) is 9.18 Å². The van der Waals surface area contributed by atoms with Crippen molar-refractivity contribution < 1.29 is 4.92 Å². The smallest absolute Gasteiger partial charge is 0.258 e. The molecule has 0 saturated heterocycles. The fourth-order valence-corrected chi connectivity index (χ4v) is 2.13. The van der Waals surface area contributed by atoms with Crippen LogP contribution in [-0.4, -0.2) is 15.0 Å². The summed E-state index contributed by atoms with van der Waals surface area (Å²) in [7, 11) is 0. The summed E-state index contributed by atoms with van der Waals surface area (Å²) in [5, 5.41) is 10.5. The number of benzene rings is 1. The van der Waals surface area contributed by atoms with Crippen LogP contribution in [0.4, 0.5) is 5.69 Å². The van der Waals surface area contributed by atoms with E-state index in [0.717, 1.165) is 4.90 Å². The Morgan fingerprint density at radius 3 is 2.93 bits per heavy atom. The molecular formula is C8H7BrClNO2S. The van der Waals surface area contributed by atoms with Crippen LogP contribution in [0.3, 0.4) is 0 Å². The molecule has 0 aromatic heterocycles. The van der Waals surface area contributed by atoms with Crippen LogP contribution in [0.15, 0.2) is 29.2 Å². The van der Waals surface area contributed by atoms with Crippen molar-refractivity contribution in [1.29, 1.82) is 0 Å². The maximum atomic E-state index is 10.5. The topological polar surface area (TPSA) is 43.1 Å². The number of hydrogen-bond donors (Lipinski definition) is 0. The van der Waals surface area contributed by atoms with Gasteiger partial charge in [0.2, 0.25) is 0 Å². The normalized spacial score (nSPS) is 12.4. The molecule has 1 atom stereocenters. The highest BCUT2D eigenvalue weighted by Crippen LogP contribution is 2.25. The molecule has 0 fully saturated rings. The number of thioether (sulfide) groups is 1. The summed E-state index contributed by atoms with van der Waals surface area (Å²) < 4.78 is -0.119. The minimum atomic E-state index is -0.406. The highest BCUT2D eigenvalue weighted by molar-refractivity contribution is 9.10. The summed E-state index contributed by atoms with van der Waals surface area (Å²) >= 11 is 10.4. The zero-order valence-corrected chi connectivity index (χ0v) is 10.2. The number of nitro groups is 1. The van der Waals surface area contributed by atoms with E-state index in [0.29, 0.717) is 5.75 Å². The number of hydrogen-bond acceptors (Lipinski definition) is 3. The third-order valence-corrected chi connectivity index (χ3v) is 3.58. The van der Waals surface area contributed by atoms with Crippen LogP contribution in [0.25, 0.3) is 0 Å². The molecule has 0 aliphatic carbocycles. The molecule has 0 heterocycles. The second-order valence-corrected chi connectivity index (χ2v) is 5.71. The van der Waals surface area contributed by atoms with Crippen molar-refractivity contribution in [3.05, 3.63) is 34.4 Å². The number of rotatable bonds is 4. The van der Waals surface area contributed by atoms with Gasteiger partial charge < -0.3 is 0 Å². The van der Waals surface area contributed by atoms with Crippen LogP contribution >= 0.6 is 39.3 Å². The molecule has 0 aliphatic heterocycles. The first-order valence-electron chi connectivity index (χ1n) is 3.75. The molecule has 14 heavy (non-hydrogen) atoms. The Morgan fingerprint density at radius 1 is 1.64 bits per heavy atom. The van der Waals surface area contributed by atoms with Crippen LogP contribution in [-0.2, 0) is 0 Å². The number of alkyl halides is 2. The van der Waals surface area contributed by atoms with E-state index < -0.39 is 4.92 Å². The molecule has 1 unspecified atom stereocenters. The maximum Gasteiger partial charge on any atom is 0.270 e. The fraction of sp³-hybridized carbons (Fsp3) is 0.250. The van der Waals surface area contributed by atoms with Gasteiger partial charge in [0, 0.05) is 22.8 Å². The Balaban J connectivity index is 2.69. The maximum absolute atomic E-state index is 10.5. The molecule has 6 heteroatoms. The molecule has 0 aliphatic rings. The van der Waals surface area contributed by atoms with E-state index in [-0.39, 0.29) is 9.97 Å². The minimum Gasteiger partial charge on any atom is -0.258 e. The third kappa shape index (κ3) is 3.86. The Kier molecular flexibility index (Phi) is 4.71. The van der Waals surface area contributed by atoms with E-state index in [2.05, 4.69) is 15.9 Å². The average molecular weight is 297 g/mol. The quantitative estimate of drug-likeness (QED) is 0.369. The largest absolute Gasteiger partial charge is 0.270 e. The van der Waals surface area contributed by atoms with E-state index in [1.165, 1.54) is 23.9 Å². The second-order valence-electron chi connectivity index (χ2n) is 2.46.